The smallest absolute Gasteiger partial charge is 0.251 e. The second-order valence-corrected chi connectivity index (χ2v) is 5.83. The number of rotatable bonds is 8. The molecule has 5 heteroatoms. The fourth-order valence-corrected chi connectivity index (χ4v) is 2.50. The number of aromatic hydroxyl groups is 1. The molecule has 0 aliphatic heterocycles. The first-order chi connectivity index (χ1) is 12.1. The molecule has 0 saturated carbocycles. The van der Waals surface area contributed by atoms with Gasteiger partial charge in [-0.15, -0.1) is 0 Å². The van der Waals surface area contributed by atoms with Gasteiger partial charge in [0.15, 0.2) is 0 Å². The second kappa shape index (κ2) is 9.59. The van der Waals surface area contributed by atoms with E-state index in [0.717, 1.165) is 25.3 Å². The fraction of sp³-hybridized carbons (Fsp3) is 0.300. The Hall–Kier alpha value is -2.66. The summed E-state index contributed by atoms with van der Waals surface area (Å²) in [6.45, 7) is 8.03. The van der Waals surface area contributed by atoms with Crippen molar-refractivity contribution in [3.63, 3.8) is 0 Å². The summed E-state index contributed by atoms with van der Waals surface area (Å²) < 4.78 is 0. The van der Waals surface area contributed by atoms with Gasteiger partial charge in [0.25, 0.3) is 5.91 Å². The van der Waals surface area contributed by atoms with E-state index in [4.69, 9.17) is 0 Å². The van der Waals surface area contributed by atoms with Crippen LogP contribution in [0.4, 0.5) is 5.69 Å². The number of carbonyl (C=O) groups is 1. The zero-order valence-electron chi connectivity index (χ0n) is 14.8. The normalized spacial score (nSPS) is 11.2. The SMILES string of the molecule is CC[NH+](CC)CCNC(=O)c1ccc(N=Cc2ccccc2O)cc1. The number of phenols is 1. The number of hydrogen-bond donors (Lipinski definition) is 3. The van der Waals surface area contributed by atoms with E-state index in [1.165, 1.54) is 4.90 Å². The average Bonchev–Trinajstić information content (AvgIpc) is 2.65. The Bertz CT molecular complexity index is 707. The highest BCUT2D eigenvalue weighted by molar-refractivity contribution is 5.94. The summed E-state index contributed by atoms with van der Waals surface area (Å²) in [6.07, 6.45) is 1.61. The molecule has 0 bridgehead atoms. The van der Waals surface area contributed by atoms with Crippen LogP contribution in [0.25, 0.3) is 0 Å². The molecule has 0 aliphatic rings. The van der Waals surface area contributed by atoms with E-state index in [9.17, 15) is 9.90 Å². The quantitative estimate of drug-likeness (QED) is 0.642. The van der Waals surface area contributed by atoms with E-state index in [0.29, 0.717) is 17.7 Å². The van der Waals surface area contributed by atoms with Gasteiger partial charge < -0.3 is 15.3 Å². The number of nitrogens with zero attached hydrogens (tertiary/aromatic N) is 1. The molecule has 2 aromatic carbocycles. The molecule has 5 nitrogen and oxygen atoms in total. The lowest BCUT2D eigenvalue weighted by Crippen LogP contribution is -3.12. The molecule has 0 heterocycles. The predicted octanol–water partition coefficient (Wildman–Crippen LogP) is 1.80. The van der Waals surface area contributed by atoms with Crippen molar-refractivity contribution in [2.24, 2.45) is 4.99 Å². The number of amides is 1. The van der Waals surface area contributed by atoms with Gasteiger partial charge in [0.1, 0.15) is 5.75 Å². The van der Waals surface area contributed by atoms with Crippen molar-refractivity contribution in [1.29, 1.82) is 0 Å². The van der Waals surface area contributed by atoms with Crippen molar-refractivity contribution in [1.82, 2.24) is 5.32 Å². The first-order valence-electron chi connectivity index (χ1n) is 8.68. The maximum Gasteiger partial charge on any atom is 0.251 e. The minimum atomic E-state index is -0.0669. The van der Waals surface area contributed by atoms with Crippen LogP contribution in [0.1, 0.15) is 29.8 Å². The van der Waals surface area contributed by atoms with Crippen molar-refractivity contribution in [3.05, 3.63) is 59.7 Å². The Kier molecular flexibility index (Phi) is 7.16. The van der Waals surface area contributed by atoms with E-state index in [1.54, 1.807) is 48.7 Å². The number of benzene rings is 2. The van der Waals surface area contributed by atoms with E-state index >= 15 is 0 Å². The maximum absolute atomic E-state index is 12.1. The van der Waals surface area contributed by atoms with E-state index in [2.05, 4.69) is 24.2 Å². The number of nitrogens with one attached hydrogen (secondary N) is 2. The molecule has 0 aliphatic carbocycles. The summed E-state index contributed by atoms with van der Waals surface area (Å²) >= 11 is 0. The lowest BCUT2D eigenvalue weighted by Gasteiger charge is -2.15. The Labute approximate surface area is 149 Å². The molecule has 0 radical (unpaired) electrons. The topological polar surface area (TPSA) is 66.1 Å². The summed E-state index contributed by atoms with van der Waals surface area (Å²) in [7, 11) is 0. The van der Waals surface area contributed by atoms with Crippen LogP contribution in [0, 0.1) is 0 Å². The van der Waals surface area contributed by atoms with Crippen LogP contribution < -0.4 is 10.2 Å². The average molecular weight is 340 g/mol. The molecular formula is C20H26N3O2+. The zero-order chi connectivity index (χ0) is 18.1. The molecular weight excluding hydrogens is 314 g/mol. The Morgan fingerprint density at radius 3 is 2.44 bits per heavy atom. The number of para-hydroxylation sites is 1. The summed E-state index contributed by atoms with van der Waals surface area (Å²) in [4.78, 5) is 17.9. The Morgan fingerprint density at radius 2 is 1.80 bits per heavy atom. The van der Waals surface area contributed by atoms with Gasteiger partial charge in [0, 0.05) is 17.3 Å². The number of hydrogen-bond acceptors (Lipinski definition) is 3. The van der Waals surface area contributed by atoms with Gasteiger partial charge in [-0.05, 0) is 50.2 Å². The molecule has 0 spiro atoms. The van der Waals surface area contributed by atoms with Crippen LogP contribution >= 0.6 is 0 Å². The molecule has 0 atom stereocenters. The number of aliphatic imine (C=N–C) groups is 1. The molecule has 2 rings (SSSR count). The van der Waals surface area contributed by atoms with Crippen molar-refractivity contribution in [2.75, 3.05) is 26.2 Å². The summed E-state index contributed by atoms with van der Waals surface area (Å²) in [5, 5.41) is 12.7. The van der Waals surface area contributed by atoms with Crippen LogP contribution in [0.5, 0.6) is 5.75 Å². The summed E-state index contributed by atoms with van der Waals surface area (Å²) in [5.74, 6) is 0.125. The van der Waals surface area contributed by atoms with Crippen molar-refractivity contribution < 1.29 is 14.8 Å². The monoisotopic (exact) mass is 340 g/mol. The highest BCUT2D eigenvalue weighted by Gasteiger charge is 2.07. The third-order valence-electron chi connectivity index (χ3n) is 4.18. The maximum atomic E-state index is 12.1. The Morgan fingerprint density at radius 1 is 1.12 bits per heavy atom. The van der Waals surface area contributed by atoms with Crippen LogP contribution in [0.2, 0.25) is 0 Å². The van der Waals surface area contributed by atoms with Crippen molar-refractivity contribution in [3.8, 4) is 5.75 Å². The highest BCUT2D eigenvalue weighted by Crippen LogP contribution is 2.16. The van der Waals surface area contributed by atoms with Gasteiger partial charge in [-0.2, -0.15) is 0 Å². The number of carbonyl (C=O) groups excluding carboxylic acids is 1. The molecule has 0 fully saturated rings. The molecule has 3 N–H and O–H groups in total. The molecule has 2 aromatic rings. The van der Waals surface area contributed by atoms with E-state index < -0.39 is 0 Å². The number of phenolic OH excluding ortho intramolecular Hbond substituents is 1. The molecule has 0 unspecified atom stereocenters. The number of likely N-dealkylation sites (N-methyl/N-ethyl adjacent to an activating group) is 1. The van der Waals surface area contributed by atoms with Crippen LogP contribution in [0.3, 0.4) is 0 Å². The Balaban J connectivity index is 1.91. The van der Waals surface area contributed by atoms with Gasteiger partial charge in [0.05, 0.1) is 31.9 Å². The second-order valence-electron chi connectivity index (χ2n) is 5.83. The summed E-state index contributed by atoms with van der Waals surface area (Å²) in [6, 6.07) is 14.1. The van der Waals surface area contributed by atoms with Gasteiger partial charge >= 0.3 is 0 Å². The third kappa shape index (κ3) is 5.72. The first kappa shape index (κ1) is 18.7. The molecule has 1 amide bonds. The molecule has 0 saturated heterocycles. The van der Waals surface area contributed by atoms with Crippen LogP contribution in [-0.2, 0) is 0 Å². The third-order valence-corrected chi connectivity index (χ3v) is 4.18. The fourth-order valence-electron chi connectivity index (χ4n) is 2.50. The largest absolute Gasteiger partial charge is 0.507 e. The van der Waals surface area contributed by atoms with Crippen molar-refractivity contribution in [2.45, 2.75) is 13.8 Å². The van der Waals surface area contributed by atoms with Crippen LogP contribution in [-0.4, -0.2) is 43.4 Å². The first-order valence-corrected chi connectivity index (χ1v) is 8.68. The molecule has 0 aromatic heterocycles. The standard InChI is InChI=1S/C20H25N3O2/c1-3-23(4-2)14-13-21-20(25)16-9-11-18(12-10-16)22-15-17-7-5-6-8-19(17)24/h5-12,15,24H,3-4,13-14H2,1-2H3,(H,21,25)/p+1. The van der Waals surface area contributed by atoms with Gasteiger partial charge in [-0.25, -0.2) is 0 Å². The lowest BCUT2D eigenvalue weighted by molar-refractivity contribution is -0.895. The summed E-state index contributed by atoms with van der Waals surface area (Å²) in [5.41, 5.74) is 2.01. The van der Waals surface area contributed by atoms with Gasteiger partial charge in [0.2, 0.25) is 0 Å². The van der Waals surface area contributed by atoms with E-state index in [1.807, 2.05) is 6.07 Å². The molecule has 132 valence electrons. The lowest BCUT2D eigenvalue weighted by atomic mass is 10.2. The number of quaternary nitrogens is 1. The van der Waals surface area contributed by atoms with Crippen molar-refractivity contribution >= 4 is 17.8 Å². The van der Waals surface area contributed by atoms with Crippen LogP contribution in [0.15, 0.2) is 53.5 Å². The molecule has 25 heavy (non-hydrogen) atoms. The van der Waals surface area contributed by atoms with E-state index in [-0.39, 0.29) is 11.7 Å². The zero-order valence-corrected chi connectivity index (χ0v) is 14.8. The minimum absolute atomic E-state index is 0.0669. The minimum Gasteiger partial charge on any atom is -0.507 e. The van der Waals surface area contributed by atoms with Gasteiger partial charge in [-0.3, -0.25) is 9.79 Å². The predicted molar refractivity (Wildman–Crippen MR) is 101 cm³/mol. The highest BCUT2D eigenvalue weighted by atomic mass is 16.3. The van der Waals surface area contributed by atoms with Gasteiger partial charge in [-0.1, -0.05) is 12.1 Å².